The summed E-state index contributed by atoms with van der Waals surface area (Å²) < 4.78 is 12.4. The summed E-state index contributed by atoms with van der Waals surface area (Å²) >= 11 is 2.25. The van der Waals surface area contributed by atoms with Gasteiger partial charge in [-0.2, -0.15) is 0 Å². The first-order valence-corrected chi connectivity index (χ1v) is 10.7. The van der Waals surface area contributed by atoms with Gasteiger partial charge >= 0.3 is 5.97 Å². The number of nitro groups is 1. The highest BCUT2D eigenvalue weighted by Gasteiger charge is 2.26. The second-order valence-corrected chi connectivity index (χ2v) is 8.30. The van der Waals surface area contributed by atoms with Crippen LogP contribution in [0, 0.1) is 20.6 Å². The van der Waals surface area contributed by atoms with E-state index in [2.05, 4.69) is 27.6 Å². The van der Waals surface area contributed by atoms with Crippen molar-refractivity contribution >= 4 is 46.2 Å². The van der Waals surface area contributed by atoms with Gasteiger partial charge in [-0.1, -0.05) is 36.4 Å². The van der Waals surface area contributed by atoms with Crippen LogP contribution in [0.1, 0.15) is 22.3 Å². The van der Waals surface area contributed by atoms with E-state index in [9.17, 15) is 14.9 Å². The largest absolute Gasteiger partial charge is 0.488 e. The molecule has 3 aromatic rings. The van der Waals surface area contributed by atoms with Gasteiger partial charge in [0.1, 0.15) is 12.4 Å². The number of rotatable bonds is 6. The van der Waals surface area contributed by atoms with Gasteiger partial charge in [0.2, 0.25) is 5.90 Å². The van der Waals surface area contributed by atoms with Crippen LogP contribution in [0.4, 0.5) is 5.69 Å². The monoisotopic (exact) mass is 540 g/mol. The number of nitrogens with zero attached hydrogens (tertiary/aromatic N) is 2. The van der Waals surface area contributed by atoms with Crippen molar-refractivity contribution in [3.05, 3.63) is 108 Å². The highest BCUT2D eigenvalue weighted by Crippen LogP contribution is 2.27. The SMILES string of the molecule is Cc1ccc(C2=N/C(=C\c3ccccc3OCc3cccc(I)c3)C(=O)O2)cc1[N+](=O)[O-]. The van der Waals surface area contributed by atoms with Gasteiger partial charge < -0.3 is 9.47 Å². The first kappa shape index (κ1) is 21.7. The standard InChI is InChI=1S/C24H17IN2O5/c1-15-9-10-18(13-21(15)27(29)30)23-26-20(24(28)32-23)12-17-6-2-3-8-22(17)31-14-16-5-4-7-19(25)11-16/h2-13H,14H2,1H3/b20-12-. The number of halogens is 1. The quantitative estimate of drug-likeness (QED) is 0.137. The fourth-order valence-corrected chi connectivity index (χ4v) is 3.75. The Morgan fingerprint density at radius 1 is 1.12 bits per heavy atom. The lowest BCUT2D eigenvalue weighted by atomic mass is 10.1. The fraction of sp³-hybridized carbons (Fsp3) is 0.0833. The Morgan fingerprint density at radius 3 is 2.72 bits per heavy atom. The molecule has 32 heavy (non-hydrogen) atoms. The number of aliphatic imine (C=N–C) groups is 1. The maximum atomic E-state index is 12.4. The number of benzene rings is 3. The molecule has 8 heteroatoms. The Morgan fingerprint density at radius 2 is 1.94 bits per heavy atom. The van der Waals surface area contributed by atoms with Crippen LogP contribution in [0.3, 0.4) is 0 Å². The number of hydrogen-bond donors (Lipinski definition) is 0. The summed E-state index contributed by atoms with van der Waals surface area (Å²) in [7, 11) is 0. The molecule has 0 bridgehead atoms. The minimum absolute atomic E-state index is 0.0293. The van der Waals surface area contributed by atoms with Crippen molar-refractivity contribution in [1.29, 1.82) is 0 Å². The molecule has 0 radical (unpaired) electrons. The molecule has 1 heterocycles. The molecule has 0 N–H and O–H groups in total. The van der Waals surface area contributed by atoms with Crippen LogP contribution >= 0.6 is 22.6 Å². The maximum absolute atomic E-state index is 12.4. The van der Waals surface area contributed by atoms with E-state index in [0.29, 0.717) is 29.0 Å². The molecule has 0 atom stereocenters. The molecule has 1 aliphatic heterocycles. The number of hydrogen-bond acceptors (Lipinski definition) is 6. The summed E-state index contributed by atoms with van der Waals surface area (Å²) in [6.45, 7) is 2.02. The van der Waals surface area contributed by atoms with Gasteiger partial charge in [-0.15, -0.1) is 0 Å². The smallest absolute Gasteiger partial charge is 0.363 e. The molecular formula is C24H17IN2O5. The topological polar surface area (TPSA) is 91.0 Å². The van der Waals surface area contributed by atoms with Crippen LogP contribution in [-0.4, -0.2) is 16.8 Å². The van der Waals surface area contributed by atoms with E-state index in [0.717, 1.165) is 9.13 Å². The highest BCUT2D eigenvalue weighted by molar-refractivity contribution is 14.1. The molecule has 1 aliphatic rings. The number of carbonyl (C=O) groups excluding carboxylic acids is 1. The van der Waals surface area contributed by atoms with E-state index in [-0.39, 0.29) is 17.3 Å². The number of para-hydroxylation sites is 1. The van der Waals surface area contributed by atoms with Gasteiger partial charge in [-0.05, 0) is 65.4 Å². The zero-order chi connectivity index (χ0) is 22.7. The van der Waals surface area contributed by atoms with Crippen LogP contribution in [-0.2, 0) is 16.1 Å². The predicted octanol–water partition coefficient (Wildman–Crippen LogP) is 5.43. The van der Waals surface area contributed by atoms with E-state index in [1.54, 1.807) is 25.1 Å². The zero-order valence-corrected chi connectivity index (χ0v) is 19.1. The van der Waals surface area contributed by atoms with Gasteiger partial charge in [-0.3, -0.25) is 10.1 Å². The molecule has 0 saturated carbocycles. The van der Waals surface area contributed by atoms with Gasteiger partial charge in [0, 0.05) is 26.3 Å². The lowest BCUT2D eigenvalue weighted by Gasteiger charge is -2.09. The fourth-order valence-electron chi connectivity index (χ4n) is 3.14. The average Bonchev–Trinajstić information content (AvgIpc) is 3.13. The maximum Gasteiger partial charge on any atom is 0.363 e. The number of carbonyl (C=O) groups is 1. The van der Waals surface area contributed by atoms with Crippen molar-refractivity contribution < 1.29 is 19.2 Å². The third kappa shape index (κ3) is 4.86. The van der Waals surface area contributed by atoms with Crippen molar-refractivity contribution in [2.45, 2.75) is 13.5 Å². The van der Waals surface area contributed by atoms with Gasteiger partial charge in [-0.25, -0.2) is 9.79 Å². The van der Waals surface area contributed by atoms with Gasteiger partial charge in [0.25, 0.3) is 5.69 Å². The number of ether oxygens (including phenoxy) is 2. The Kier molecular flexibility index (Phi) is 6.31. The van der Waals surface area contributed by atoms with Crippen molar-refractivity contribution in [2.24, 2.45) is 4.99 Å². The Bertz CT molecular complexity index is 1280. The molecule has 0 aliphatic carbocycles. The molecule has 7 nitrogen and oxygen atoms in total. The van der Waals surface area contributed by atoms with Crippen molar-refractivity contribution in [3.8, 4) is 5.75 Å². The average molecular weight is 540 g/mol. The van der Waals surface area contributed by atoms with Crippen LogP contribution in [0.25, 0.3) is 6.08 Å². The second kappa shape index (κ2) is 9.31. The molecule has 0 amide bonds. The third-order valence-electron chi connectivity index (χ3n) is 4.77. The van der Waals surface area contributed by atoms with Crippen molar-refractivity contribution in [1.82, 2.24) is 0 Å². The third-order valence-corrected chi connectivity index (χ3v) is 5.44. The minimum atomic E-state index is -0.629. The Labute approximate surface area is 197 Å². The molecule has 3 aromatic carbocycles. The highest BCUT2D eigenvalue weighted by atomic mass is 127. The lowest BCUT2D eigenvalue weighted by molar-refractivity contribution is -0.385. The van der Waals surface area contributed by atoms with E-state index in [1.165, 1.54) is 6.07 Å². The summed E-state index contributed by atoms with van der Waals surface area (Å²) in [5.74, 6) is -0.00135. The second-order valence-electron chi connectivity index (χ2n) is 7.05. The number of aryl methyl sites for hydroxylation is 1. The van der Waals surface area contributed by atoms with Gasteiger partial charge in [0.15, 0.2) is 5.70 Å². The summed E-state index contributed by atoms with van der Waals surface area (Å²) in [5.41, 5.74) is 2.60. The zero-order valence-electron chi connectivity index (χ0n) is 16.9. The molecule has 0 aromatic heterocycles. The number of cyclic esters (lactones) is 1. The van der Waals surface area contributed by atoms with Crippen LogP contribution < -0.4 is 4.74 Å². The van der Waals surface area contributed by atoms with E-state index in [4.69, 9.17) is 9.47 Å². The molecule has 0 saturated heterocycles. The van der Waals surface area contributed by atoms with Crippen molar-refractivity contribution in [2.75, 3.05) is 0 Å². The molecule has 4 rings (SSSR count). The van der Waals surface area contributed by atoms with Crippen LogP contribution in [0.5, 0.6) is 5.75 Å². The molecule has 0 fully saturated rings. The molecule has 0 unspecified atom stereocenters. The van der Waals surface area contributed by atoms with Crippen LogP contribution in [0.2, 0.25) is 0 Å². The summed E-state index contributed by atoms with van der Waals surface area (Å²) in [6, 6.07) is 19.9. The number of esters is 1. The summed E-state index contributed by atoms with van der Waals surface area (Å²) in [5, 5.41) is 11.2. The van der Waals surface area contributed by atoms with Crippen LogP contribution in [0.15, 0.2) is 77.4 Å². The molecule has 160 valence electrons. The molecule has 0 spiro atoms. The summed E-state index contributed by atoms with van der Waals surface area (Å²) in [4.78, 5) is 27.4. The molecular weight excluding hydrogens is 523 g/mol. The first-order valence-electron chi connectivity index (χ1n) is 9.65. The first-order chi connectivity index (χ1) is 15.4. The minimum Gasteiger partial charge on any atom is -0.488 e. The normalized spacial score (nSPS) is 14.2. The van der Waals surface area contributed by atoms with Gasteiger partial charge in [0.05, 0.1) is 4.92 Å². The van der Waals surface area contributed by atoms with E-state index < -0.39 is 10.9 Å². The number of nitro benzene ring substituents is 1. The lowest BCUT2D eigenvalue weighted by Crippen LogP contribution is -2.06. The predicted molar refractivity (Wildman–Crippen MR) is 128 cm³/mol. The van der Waals surface area contributed by atoms with E-state index >= 15 is 0 Å². The Hall–Kier alpha value is -3.53. The van der Waals surface area contributed by atoms with Crippen molar-refractivity contribution in [3.63, 3.8) is 0 Å². The summed E-state index contributed by atoms with van der Waals surface area (Å²) in [6.07, 6.45) is 1.59. The Balaban J connectivity index is 1.60. The van der Waals surface area contributed by atoms with E-state index in [1.807, 2.05) is 48.5 Å².